The predicted molar refractivity (Wildman–Crippen MR) is 70.0 cm³/mol. The van der Waals surface area contributed by atoms with Crippen LogP contribution in [0.25, 0.3) is 0 Å². The second-order valence-electron chi connectivity index (χ2n) is 5.31. The molecule has 3 heteroatoms. The number of aromatic nitrogens is 1. The second kappa shape index (κ2) is 5.05. The van der Waals surface area contributed by atoms with E-state index in [0.717, 1.165) is 30.6 Å². The van der Waals surface area contributed by atoms with Crippen molar-refractivity contribution in [2.24, 2.45) is 11.8 Å². The van der Waals surface area contributed by atoms with Gasteiger partial charge in [0.2, 0.25) is 0 Å². The van der Waals surface area contributed by atoms with Gasteiger partial charge in [0, 0.05) is 13.1 Å². The van der Waals surface area contributed by atoms with Crippen LogP contribution in [0.1, 0.15) is 39.0 Å². The Morgan fingerprint density at radius 3 is 2.65 bits per heavy atom. The van der Waals surface area contributed by atoms with Gasteiger partial charge in [0.15, 0.2) is 0 Å². The van der Waals surface area contributed by atoms with Crippen LogP contribution in [0.4, 0.5) is 5.69 Å². The molecule has 0 amide bonds. The molecule has 2 unspecified atom stereocenters. The molecule has 1 aliphatic heterocycles. The van der Waals surface area contributed by atoms with Crippen molar-refractivity contribution in [1.29, 1.82) is 0 Å². The maximum Gasteiger partial charge on any atom is 0.0931 e. The summed E-state index contributed by atoms with van der Waals surface area (Å²) in [7, 11) is 0. The lowest BCUT2D eigenvalue weighted by atomic mass is 9.88. The molecule has 2 heterocycles. The normalized spacial score (nSPS) is 26.9. The first-order valence-corrected chi connectivity index (χ1v) is 6.47. The van der Waals surface area contributed by atoms with Gasteiger partial charge in [-0.25, -0.2) is 0 Å². The van der Waals surface area contributed by atoms with Crippen LogP contribution in [0, 0.1) is 11.8 Å². The molecule has 2 rings (SSSR count). The quantitative estimate of drug-likeness (QED) is 0.854. The molecule has 0 saturated carbocycles. The zero-order valence-electron chi connectivity index (χ0n) is 10.9. The summed E-state index contributed by atoms with van der Waals surface area (Å²) in [5.41, 5.74) is 1.92. The predicted octanol–water partition coefficient (Wildman–Crippen LogP) is 2.62. The molecule has 0 bridgehead atoms. The molecule has 1 aliphatic rings. The van der Waals surface area contributed by atoms with Crippen LogP contribution in [0.15, 0.2) is 18.3 Å². The van der Waals surface area contributed by atoms with Gasteiger partial charge < -0.3 is 10.0 Å². The third-order valence-electron chi connectivity index (χ3n) is 3.90. The van der Waals surface area contributed by atoms with Gasteiger partial charge >= 0.3 is 0 Å². The van der Waals surface area contributed by atoms with Gasteiger partial charge in [-0.15, -0.1) is 0 Å². The Labute approximate surface area is 103 Å². The number of hydrogen-bond acceptors (Lipinski definition) is 3. The molecule has 1 N–H and O–H groups in total. The molecule has 1 aromatic rings. The minimum absolute atomic E-state index is 0.482. The first-order chi connectivity index (χ1) is 8.08. The minimum atomic E-state index is -0.482. The SMILES string of the molecule is CC1CCN(c2ccc([C@@H](C)O)nc2)CC1C. The van der Waals surface area contributed by atoms with Crippen molar-refractivity contribution in [2.45, 2.75) is 33.3 Å². The molecule has 94 valence electrons. The lowest BCUT2D eigenvalue weighted by Gasteiger charge is -2.36. The average molecular weight is 234 g/mol. The third-order valence-corrected chi connectivity index (χ3v) is 3.90. The van der Waals surface area contributed by atoms with Crippen LogP contribution < -0.4 is 4.90 Å². The van der Waals surface area contributed by atoms with Crippen LogP contribution >= 0.6 is 0 Å². The standard InChI is InChI=1S/C14H22N2O/c1-10-6-7-16(9-11(10)2)13-4-5-14(12(3)17)15-8-13/h4-5,8,10-12,17H,6-7,9H2,1-3H3/t10?,11?,12-/m1/s1. The van der Waals surface area contributed by atoms with Crippen LogP contribution in [0.2, 0.25) is 0 Å². The van der Waals surface area contributed by atoms with E-state index in [0.29, 0.717) is 0 Å². The van der Waals surface area contributed by atoms with Gasteiger partial charge in [-0.2, -0.15) is 0 Å². The van der Waals surface area contributed by atoms with Crippen molar-refractivity contribution in [1.82, 2.24) is 4.98 Å². The molecule has 3 atom stereocenters. The fourth-order valence-corrected chi connectivity index (χ4v) is 2.33. The van der Waals surface area contributed by atoms with Crippen molar-refractivity contribution in [2.75, 3.05) is 18.0 Å². The topological polar surface area (TPSA) is 36.4 Å². The Bertz CT molecular complexity index is 361. The number of anilines is 1. The summed E-state index contributed by atoms with van der Waals surface area (Å²) in [4.78, 5) is 6.70. The van der Waals surface area contributed by atoms with E-state index in [4.69, 9.17) is 0 Å². The fourth-order valence-electron chi connectivity index (χ4n) is 2.33. The molecular formula is C14H22N2O. The summed E-state index contributed by atoms with van der Waals surface area (Å²) in [6.45, 7) is 8.61. The van der Waals surface area contributed by atoms with Crippen LogP contribution in [0.3, 0.4) is 0 Å². The van der Waals surface area contributed by atoms with Gasteiger partial charge in [-0.05, 0) is 37.3 Å². The molecule has 0 radical (unpaired) electrons. The zero-order valence-corrected chi connectivity index (χ0v) is 10.9. The summed E-state index contributed by atoms with van der Waals surface area (Å²) in [6, 6.07) is 3.99. The Hall–Kier alpha value is -1.09. The summed E-state index contributed by atoms with van der Waals surface area (Å²) in [5, 5.41) is 9.43. The van der Waals surface area contributed by atoms with E-state index in [-0.39, 0.29) is 0 Å². The second-order valence-corrected chi connectivity index (χ2v) is 5.31. The van der Waals surface area contributed by atoms with E-state index in [2.05, 4.69) is 29.8 Å². The number of pyridine rings is 1. The molecule has 1 saturated heterocycles. The number of aliphatic hydroxyl groups excluding tert-OH is 1. The summed E-state index contributed by atoms with van der Waals surface area (Å²) < 4.78 is 0. The van der Waals surface area contributed by atoms with E-state index in [9.17, 15) is 5.11 Å². The number of hydrogen-bond donors (Lipinski definition) is 1. The van der Waals surface area contributed by atoms with Gasteiger partial charge in [-0.1, -0.05) is 13.8 Å². The number of piperidine rings is 1. The van der Waals surface area contributed by atoms with Crippen LogP contribution in [0.5, 0.6) is 0 Å². The van der Waals surface area contributed by atoms with Crippen molar-refractivity contribution in [3.8, 4) is 0 Å². The first kappa shape index (κ1) is 12.4. The molecular weight excluding hydrogens is 212 g/mol. The van der Waals surface area contributed by atoms with E-state index in [1.807, 2.05) is 12.3 Å². The van der Waals surface area contributed by atoms with E-state index < -0.39 is 6.10 Å². The summed E-state index contributed by atoms with van der Waals surface area (Å²) in [5.74, 6) is 1.55. The maximum atomic E-state index is 9.43. The highest BCUT2D eigenvalue weighted by molar-refractivity contribution is 5.45. The van der Waals surface area contributed by atoms with Crippen molar-refractivity contribution in [3.63, 3.8) is 0 Å². The Morgan fingerprint density at radius 2 is 2.12 bits per heavy atom. The summed E-state index contributed by atoms with van der Waals surface area (Å²) >= 11 is 0. The largest absolute Gasteiger partial charge is 0.387 e. The van der Waals surface area contributed by atoms with Crippen LogP contribution in [-0.4, -0.2) is 23.2 Å². The minimum Gasteiger partial charge on any atom is -0.387 e. The maximum absolute atomic E-state index is 9.43. The molecule has 3 nitrogen and oxygen atoms in total. The summed E-state index contributed by atoms with van der Waals surface area (Å²) in [6.07, 6.45) is 2.65. The highest BCUT2D eigenvalue weighted by Crippen LogP contribution is 2.26. The van der Waals surface area contributed by atoms with E-state index in [1.54, 1.807) is 6.92 Å². The Morgan fingerprint density at radius 1 is 1.35 bits per heavy atom. The third kappa shape index (κ3) is 2.78. The van der Waals surface area contributed by atoms with Crippen molar-refractivity contribution in [3.05, 3.63) is 24.0 Å². The van der Waals surface area contributed by atoms with Crippen molar-refractivity contribution >= 4 is 5.69 Å². The van der Waals surface area contributed by atoms with Crippen LogP contribution in [-0.2, 0) is 0 Å². The smallest absolute Gasteiger partial charge is 0.0931 e. The van der Waals surface area contributed by atoms with Crippen molar-refractivity contribution < 1.29 is 5.11 Å². The lowest BCUT2D eigenvalue weighted by Crippen LogP contribution is -2.38. The fraction of sp³-hybridized carbons (Fsp3) is 0.643. The zero-order chi connectivity index (χ0) is 12.4. The number of rotatable bonds is 2. The average Bonchev–Trinajstić information content (AvgIpc) is 2.33. The Kier molecular flexibility index (Phi) is 3.67. The Balaban J connectivity index is 2.07. The molecule has 0 spiro atoms. The first-order valence-electron chi connectivity index (χ1n) is 6.47. The highest BCUT2D eigenvalue weighted by Gasteiger charge is 2.22. The molecule has 1 fully saturated rings. The van der Waals surface area contributed by atoms with Gasteiger partial charge in [-0.3, -0.25) is 4.98 Å². The molecule has 0 aliphatic carbocycles. The number of aliphatic hydroxyl groups is 1. The highest BCUT2D eigenvalue weighted by atomic mass is 16.3. The number of nitrogens with zero attached hydrogens (tertiary/aromatic N) is 2. The molecule has 17 heavy (non-hydrogen) atoms. The monoisotopic (exact) mass is 234 g/mol. The van der Waals surface area contributed by atoms with E-state index >= 15 is 0 Å². The molecule has 0 aromatic carbocycles. The van der Waals surface area contributed by atoms with Gasteiger partial charge in [0.25, 0.3) is 0 Å². The van der Waals surface area contributed by atoms with Gasteiger partial charge in [0.05, 0.1) is 23.7 Å². The van der Waals surface area contributed by atoms with E-state index in [1.165, 1.54) is 12.1 Å². The van der Waals surface area contributed by atoms with Gasteiger partial charge in [0.1, 0.15) is 0 Å². The molecule has 1 aromatic heterocycles. The lowest BCUT2D eigenvalue weighted by molar-refractivity contribution is 0.194.